The Morgan fingerprint density at radius 1 is 1.14 bits per heavy atom. The second-order valence-corrected chi connectivity index (χ2v) is 16.2. The Kier molecular flexibility index (Phi) is 6.80. The smallest absolute Gasteiger partial charge is 0.407 e. The molecule has 5 saturated carbocycles. The third-order valence-corrected chi connectivity index (χ3v) is 13.6. The molecule has 0 bridgehead atoms. The summed E-state index contributed by atoms with van der Waals surface area (Å²) < 4.78 is 18.0. The largest absolute Gasteiger partial charge is 0.456 e. The Labute approximate surface area is 252 Å². The van der Waals surface area contributed by atoms with E-state index in [-0.39, 0.29) is 39.6 Å². The number of alkyl carbamates (subject to hydrolysis) is 1. The van der Waals surface area contributed by atoms with Crippen LogP contribution in [0.5, 0.6) is 0 Å². The second kappa shape index (κ2) is 9.32. The molecule has 42 heavy (non-hydrogen) atoms. The van der Waals surface area contributed by atoms with Gasteiger partial charge in [0, 0.05) is 23.7 Å². The zero-order valence-electron chi connectivity index (χ0n) is 26.6. The second-order valence-electron chi connectivity index (χ2n) is 16.2. The minimum atomic E-state index is -1.32. The van der Waals surface area contributed by atoms with E-state index in [1.165, 1.54) is 12.8 Å². The molecule has 1 amide bonds. The molecule has 8 nitrogen and oxygen atoms in total. The molecular formula is C34H50NO7. The highest BCUT2D eigenvalue weighted by Crippen LogP contribution is 2.90. The summed E-state index contributed by atoms with van der Waals surface area (Å²) in [5.41, 5.74) is -1.88. The number of fused-ring (bicyclic) bond motifs is 4. The first-order valence-corrected chi connectivity index (χ1v) is 15.9. The van der Waals surface area contributed by atoms with Gasteiger partial charge >= 0.3 is 12.1 Å². The standard InChI is InChI=1S/C34H50NO7/c1-18-16-20(27(30(5,6)39)40-19(2)36)41-25-24(18)31(7)14-15-34-17-33(34)13-12-23(42-28(38)35-9)29(3,4)21(33)10-11-22(34)32(31,8)26(25)37/h9,18,21,23-24,26-27,37,39H,10-17H2,1-8H3,(H,35,38)/t18-,21+,23+,24+,26+,27+,31-,32-,33-,34+/m1/s1. The van der Waals surface area contributed by atoms with Gasteiger partial charge in [0.2, 0.25) is 0 Å². The third kappa shape index (κ3) is 3.76. The van der Waals surface area contributed by atoms with Gasteiger partial charge in [-0.3, -0.25) is 4.79 Å². The zero-order valence-corrected chi connectivity index (χ0v) is 26.6. The van der Waals surface area contributed by atoms with Gasteiger partial charge < -0.3 is 29.7 Å². The number of aliphatic hydroxyl groups is 2. The number of aliphatic hydroxyl groups excluding tert-OH is 1. The first-order valence-electron chi connectivity index (χ1n) is 15.9. The van der Waals surface area contributed by atoms with Crippen molar-refractivity contribution in [1.29, 1.82) is 0 Å². The summed E-state index contributed by atoms with van der Waals surface area (Å²) in [5, 5.41) is 25.4. The van der Waals surface area contributed by atoms with Crippen LogP contribution in [0, 0.1) is 70.0 Å². The molecule has 6 aliphatic rings. The van der Waals surface area contributed by atoms with Crippen molar-refractivity contribution in [3.05, 3.63) is 25.2 Å². The summed E-state index contributed by atoms with van der Waals surface area (Å²) in [7, 11) is 5.35. The van der Waals surface area contributed by atoms with E-state index in [4.69, 9.17) is 21.3 Å². The molecule has 6 rings (SSSR count). The number of carbonyl (C=O) groups excluding carboxylic acids is 2. The minimum absolute atomic E-state index is 0.0636. The highest BCUT2D eigenvalue weighted by atomic mass is 16.6. The Balaban J connectivity index is 1.31. The Hall–Kier alpha value is -1.38. The maximum atomic E-state index is 12.3. The number of amides is 1. The maximum Gasteiger partial charge on any atom is 0.407 e. The molecule has 5 radical (unpaired) electrons. The quantitative estimate of drug-likeness (QED) is 0.293. The molecule has 3 N–H and O–H groups in total. The van der Waals surface area contributed by atoms with E-state index in [0.29, 0.717) is 24.5 Å². The number of carbonyl (C=O) groups is 2. The van der Waals surface area contributed by atoms with Crippen molar-refractivity contribution in [2.45, 2.75) is 131 Å². The first-order chi connectivity index (χ1) is 19.4. The van der Waals surface area contributed by atoms with Crippen molar-refractivity contribution in [1.82, 2.24) is 5.32 Å². The fourth-order valence-corrected chi connectivity index (χ4v) is 11.7. The Morgan fingerprint density at radius 3 is 2.45 bits per heavy atom. The van der Waals surface area contributed by atoms with Crippen molar-refractivity contribution in [2.75, 3.05) is 0 Å². The summed E-state index contributed by atoms with van der Waals surface area (Å²) in [4.78, 5) is 24.0. The molecule has 0 aromatic rings. The van der Waals surface area contributed by atoms with Gasteiger partial charge in [-0.15, -0.1) is 0 Å². The molecule has 1 saturated heterocycles. The van der Waals surface area contributed by atoms with Crippen LogP contribution in [0.25, 0.3) is 0 Å². The molecule has 5 aliphatic carbocycles. The molecule has 1 heterocycles. The molecule has 10 atom stereocenters. The lowest BCUT2D eigenvalue weighted by molar-refractivity contribution is -0.171. The predicted octanol–water partition coefficient (Wildman–Crippen LogP) is 5.55. The van der Waals surface area contributed by atoms with Crippen molar-refractivity contribution in [3.8, 4) is 0 Å². The topological polar surface area (TPSA) is 114 Å². The fourth-order valence-electron chi connectivity index (χ4n) is 11.7. The van der Waals surface area contributed by atoms with Gasteiger partial charge in [-0.1, -0.05) is 34.6 Å². The summed E-state index contributed by atoms with van der Waals surface area (Å²) in [6.45, 7) is 15.9. The summed E-state index contributed by atoms with van der Waals surface area (Å²) >= 11 is 0. The molecule has 1 aliphatic heterocycles. The Morgan fingerprint density at radius 2 is 1.83 bits per heavy atom. The van der Waals surface area contributed by atoms with Crippen LogP contribution in [0.15, 0.2) is 0 Å². The van der Waals surface area contributed by atoms with Gasteiger partial charge in [0.05, 0.1) is 18.8 Å². The highest BCUT2D eigenvalue weighted by Gasteiger charge is 2.85. The maximum absolute atomic E-state index is 12.3. The average molecular weight is 585 g/mol. The molecule has 0 aromatic carbocycles. The van der Waals surface area contributed by atoms with Crippen LogP contribution in [-0.2, 0) is 19.0 Å². The van der Waals surface area contributed by atoms with E-state index in [1.807, 2.05) is 0 Å². The zero-order chi connectivity index (χ0) is 30.8. The van der Waals surface area contributed by atoms with E-state index < -0.39 is 35.3 Å². The van der Waals surface area contributed by atoms with E-state index >= 15 is 0 Å². The van der Waals surface area contributed by atoms with Gasteiger partial charge in [0.25, 0.3) is 0 Å². The lowest BCUT2D eigenvalue weighted by Gasteiger charge is -2.63. The van der Waals surface area contributed by atoms with Crippen LogP contribution >= 0.6 is 0 Å². The van der Waals surface area contributed by atoms with Crippen LogP contribution in [0.2, 0.25) is 0 Å². The minimum Gasteiger partial charge on any atom is -0.456 e. The SMILES string of the molecule is [CH]NC(=O)O[C@H]1CC[C@]23C[C@]24CC[C@]2(C)[C@@H]5[C](O[C]([C@H](OC(C)=O)C(C)(C)O)C[C@H]5C)[C@H](O)[C@@]2(C)[C]4CC[C@H]3C1(C)C. The number of esters is 1. The van der Waals surface area contributed by atoms with Gasteiger partial charge in [-0.2, -0.15) is 0 Å². The fraction of sp³-hybridized carbons (Fsp3) is 0.824. The first kappa shape index (κ1) is 30.6. The molecule has 2 spiro atoms. The molecular weight excluding hydrogens is 534 g/mol. The van der Waals surface area contributed by atoms with E-state index in [2.05, 4.69) is 39.9 Å². The van der Waals surface area contributed by atoms with E-state index in [0.717, 1.165) is 44.9 Å². The van der Waals surface area contributed by atoms with Crippen LogP contribution in [0.4, 0.5) is 4.79 Å². The van der Waals surface area contributed by atoms with Gasteiger partial charge in [-0.25, -0.2) is 4.79 Å². The van der Waals surface area contributed by atoms with Gasteiger partial charge in [0.1, 0.15) is 18.3 Å². The summed E-state index contributed by atoms with van der Waals surface area (Å²) in [5.74, 6) is 1.68. The molecule has 0 aromatic heterocycles. The number of hydrogen-bond acceptors (Lipinski definition) is 7. The van der Waals surface area contributed by atoms with Crippen molar-refractivity contribution >= 4 is 12.1 Å². The molecule has 6 fully saturated rings. The van der Waals surface area contributed by atoms with Crippen molar-refractivity contribution in [2.24, 2.45) is 44.8 Å². The molecule has 0 unspecified atom stereocenters. The summed E-state index contributed by atoms with van der Waals surface area (Å²) in [6.07, 6.45) is 6.34. The summed E-state index contributed by atoms with van der Waals surface area (Å²) in [6, 6.07) is 0. The average Bonchev–Trinajstić information content (AvgIpc) is 3.52. The normalized spacial score (nSPS) is 47.2. The van der Waals surface area contributed by atoms with E-state index in [1.54, 1.807) is 13.8 Å². The van der Waals surface area contributed by atoms with Gasteiger partial charge in [0.15, 0.2) is 6.10 Å². The van der Waals surface area contributed by atoms with Crippen LogP contribution in [0.1, 0.15) is 107 Å². The number of nitrogens with one attached hydrogen (secondary N) is 1. The van der Waals surface area contributed by atoms with Crippen LogP contribution in [0.3, 0.4) is 0 Å². The monoisotopic (exact) mass is 584 g/mol. The number of rotatable bonds is 4. The van der Waals surface area contributed by atoms with Crippen LogP contribution in [-0.4, -0.2) is 46.2 Å². The van der Waals surface area contributed by atoms with Crippen LogP contribution < -0.4 is 5.32 Å². The number of ether oxygens (including phenoxy) is 3. The van der Waals surface area contributed by atoms with Crippen molar-refractivity contribution < 1.29 is 34.0 Å². The van der Waals surface area contributed by atoms with Crippen molar-refractivity contribution in [3.63, 3.8) is 0 Å². The Bertz CT molecular complexity index is 1130. The lowest BCUT2D eigenvalue weighted by Crippen LogP contribution is -2.59. The predicted molar refractivity (Wildman–Crippen MR) is 154 cm³/mol. The van der Waals surface area contributed by atoms with E-state index in [9.17, 15) is 19.8 Å². The number of hydrogen-bond donors (Lipinski definition) is 3. The third-order valence-electron chi connectivity index (χ3n) is 13.6. The lowest BCUT2D eigenvalue weighted by atomic mass is 9.41. The molecule has 233 valence electrons. The highest BCUT2D eigenvalue weighted by molar-refractivity contribution is 5.67. The molecule has 8 heteroatoms. The van der Waals surface area contributed by atoms with Gasteiger partial charge in [-0.05, 0) is 99.2 Å².